The molecule has 2 heterocycles. The molecule has 0 unspecified atom stereocenters. The molecule has 3 aromatic rings. The Kier molecular flexibility index (Phi) is 3.08. The van der Waals surface area contributed by atoms with E-state index < -0.39 is 0 Å². The van der Waals surface area contributed by atoms with Crippen molar-refractivity contribution in [2.75, 3.05) is 5.43 Å². The van der Waals surface area contributed by atoms with Crippen LogP contribution in [0, 0.1) is 5.82 Å². The van der Waals surface area contributed by atoms with Crippen molar-refractivity contribution in [2.45, 2.75) is 13.3 Å². The zero-order chi connectivity index (χ0) is 14.1. The maximum Gasteiger partial charge on any atom is 0.158 e. The van der Waals surface area contributed by atoms with Crippen molar-refractivity contribution in [3.05, 3.63) is 47.9 Å². The fraction of sp³-hybridized carbons (Fsp3) is 0.143. The third-order valence-corrected chi connectivity index (χ3v) is 3.11. The first kappa shape index (κ1) is 12.6. The SMILES string of the molecule is CCc1cc(NN)n2nc(-c3cccc(F)c3)cc2n1. The van der Waals surface area contributed by atoms with Crippen LogP contribution < -0.4 is 11.3 Å². The van der Waals surface area contributed by atoms with Gasteiger partial charge >= 0.3 is 0 Å². The van der Waals surface area contributed by atoms with Gasteiger partial charge in [-0.1, -0.05) is 19.1 Å². The quantitative estimate of drug-likeness (QED) is 0.567. The fourth-order valence-corrected chi connectivity index (χ4v) is 2.10. The third kappa shape index (κ3) is 2.10. The number of nitrogens with zero attached hydrogens (tertiary/aromatic N) is 3. The Bertz CT molecular complexity index is 765. The zero-order valence-electron chi connectivity index (χ0n) is 11.0. The normalized spacial score (nSPS) is 10.9. The number of rotatable bonds is 3. The van der Waals surface area contributed by atoms with Gasteiger partial charge in [0, 0.05) is 23.4 Å². The average molecular weight is 271 g/mol. The maximum absolute atomic E-state index is 13.3. The molecule has 0 atom stereocenters. The Balaban J connectivity index is 2.19. The van der Waals surface area contributed by atoms with Crippen LogP contribution in [0.25, 0.3) is 16.9 Å². The number of nitrogen functional groups attached to an aromatic ring is 1. The van der Waals surface area contributed by atoms with Gasteiger partial charge in [-0.25, -0.2) is 15.2 Å². The Labute approximate surface area is 115 Å². The molecule has 0 amide bonds. The fourth-order valence-electron chi connectivity index (χ4n) is 2.10. The monoisotopic (exact) mass is 271 g/mol. The van der Waals surface area contributed by atoms with Gasteiger partial charge in [-0.15, -0.1) is 0 Å². The van der Waals surface area contributed by atoms with Gasteiger partial charge < -0.3 is 5.43 Å². The molecule has 1 aromatic carbocycles. The Hall–Kier alpha value is -2.47. The Morgan fingerprint density at radius 1 is 1.30 bits per heavy atom. The van der Waals surface area contributed by atoms with E-state index in [1.807, 2.05) is 19.1 Å². The van der Waals surface area contributed by atoms with Gasteiger partial charge in [0.15, 0.2) is 5.65 Å². The molecular formula is C14H14FN5. The number of hydrazine groups is 1. The highest BCUT2D eigenvalue weighted by Crippen LogP contribution is 2.22. The molecule has 0 fully saturated rings. The first-order valence-electron chi connectivity index (χ1n) is 6.33. The van der Waals surface area contributed by atoms with Crippen molar-refractivity contribution in [3.8, 4) is 11.3 Å². The number of aromatic nitrogens is 3. The zero-order valence-corrected chi connectivity index (χ0v) is 11.0. The summed E-state index contributed by atoms with van der Waals surface area (Å²) in [6.45, 7) is 2.02. The Morgan fingerprint density at radius 2 is 2.15 bits per heavy atom. The number of halogens is 1. The second kappa shape index (κ2) is 4.90. The first-order valence-corrected chi connectivity index (χ1v) is 6.33. The highest BCUT2D eigenvalue weighted by molar-refractivity contribution is 5.65. The van der Waals surface area contributed by atoms with E-state index >= 15 is 0 Å². The molecule has 3 rings (SSSR count). The van der Waals surface area contributed by atoms with Crippen molar-refractivity contribution < 1.29 is 4.39 Å². The van der Waals surface area contributed by atoms with Crippen LogP contribution in [-0.4, -0.2) is 14.6 Å². The highest BCUT2D eigenvalue weighted by Gasteiger charge is 2.10. The summed E-state index contributed by atoms with van der Waals surface area (Å²) in [5.41, 5.74) is 5.56. The predicted molar refractivity (Wildman–Crippen MR) is 75.6 cm³/mol. The first-order chi connectivity index (χ1) is 9.71. The molecular weight excluding hydrogens is 257 g/mol. The molecule has 0 aliphatic rings. The third-order valence-electron chi connectivity index (χ3n) is 3.11. The van der Waals surface area contributed by atoms with Crippen LogP contribution in [-0.2, 0) is 6.42 Å². The molecule has 102 valence electrons. The van der Waals surface area contributed by atoms with E-state index in [1.165, 1.54) is 12.1 Å². The summed E-state index contributed by atoms with van der Waals surface area (Å²) in [5.74, 6) is 5.87. The summed E-state index contributed by atoms with van der Waals surface area (Å²) in [7, 11) is 0. The van der Waals surface area contributed by atoms with E-state index in [1.54, 1.807) is 16.6 Å². The van der Waals surface area contributed by atoms with Crippen molar-refractivity contribution in [1.82, 2.24) is 14.6 Å². The van der Waals surface area contributed by atoms with Crippen molar-refractivity contribution >= 4 is 11.5 Å². The van der Waals surface area contributed by atoms with E-state index in [2.05, 4.69) is 15.5 Å². The van der Waals surface area contributed by atoms with E-state index in [0.29, 0.717) is 22.7 Å². The van der Waals surface area contributed by atoms with Crippen LogP contribution >= 0.6 is 0 Å². The number of nitrogens with two attached hydrogens (primary N) is 1. The number of aryl methyl sites for hydroxylation is 1. The van der Waals surface area contributed by atoms with Gasteiger partial charge in [0.2, 0.25) is 0 Å². The minimum atomic E-state index is -0.293. The van der Waals surface area contributed by atoms with Gasteiger partial charge in [0.1, 0.15) is 11.6 Å². The maximum atomic E-state index is 13.3. The topological polar surface area (TPSA) is 68.2 Å². The average Bonchev–Trinajstić information content (AvgIpc) is 2.90. The molecule has 0 aliphatic carbocycles. The summed E-state index contributed by atoms with van der Waals surface area (Å²) in [5, 5.41) is 4.42. The summed E-state index contributed by atoms with van der Waals surface area (Å²) in [4.78, 5) is 4.48. The molecule has 0 radical (unpaired) electrons. The molecule has 0 aliphatic heterocycles. The highest BCUT2D eigenvalue weighted by atomic mass is 19.1. The van der Waals surface area contributed by atoms with Gasteiger partial charge in [-0.2, -0.15) is 9.61 Å². The molecule has 5 nitrogen and oxygen atoms in total. The smallest absolute Gasteiger partial charge is 0.158 e. The molecule has 0 spiro atoms. The van der Waals surface area contributed by atoms with E-state index in [4.69, 9.17) is 5.84 Å². The second-order valence-corrected chi connectivity index (χ2v) is 4.44. The molecule has 0 bridgehead atoms. The van der Waals surface area contributed by atoms with Gasteiger partial charge in [-0.05, 0) is 18.6 Å². The molecule has 2 aromatic heterocycles. The van der Waals surface area contributed by atoms with E-state index in [9.17, 15) is 4.39 Å². The number of benzene rings is 1. The van der Waals surface area contributed by atoms with Crippen LogP contribution in [0.5, 0.6) is 0 Å². The standard InChI is InChI=1S/C14H14FN5/c1-2-11-7-14(18-16)20-13(17-11)8-12(19-20)9-4-3-5-10(15)6-9/h3-8,18H,2,16H2,1H3. The lowest BCUT2D eigenvalue weighted by molar-refractivity contribution is 0.628. The lowest BCUT2D eigenvalue weighted by Gasteiger charge is -2.05. The number of hydrogen-bond acceptors (Lipinski definition) is 4. The van der Waals surface area contributed by atoms with E-state index in [-0.39, 0.29) is 5.82 Å². The van der Waals surface area contributed by atoms with Crippen molar-refractivity contribution in [1.29, 1.82) is 0 Å². The molecule has 3 N–H and O–H groups in total. The van der Waals surface area contributed by atoms with Crippen molar-refractivity contribution in [3.63, 3.8) is 0 Å². The Morgan fingerprint density at radius 3 is 2.85 bits per heavy atom. The summed E-state index contributed by atoms with van der Waals surface area (Å²) in [6, 6.07) is 9.96. The number of anilines is 1. The number of fused-ring (bicyclic) bond motifs is 1. The minimum absolute atomic E-state index is 0.293. The lowest BCUT2D eigenvalue weighted by atomic mass is 10.1. The summed E-state index contributed by atoms with van der Waals surface area (Å²) in [6.07, 6.45) is 0.797. The van der Waals surface area contributed by atoms with Crippen LogP contribution in [0.4, 0.5) is 10.2 Å². The molecule has 0 saturated heterocycles. The van der Waals surface area contributed by atoms with Crippen LogP contribution in [0.3, 0.4) is 0 Å². The van der Waals surface area contributed by atoms with Crippen LogP contribution in [0.2, 0.25) is 0 Å². The van der Waals surface area contributed by atoms with Gasteiger partial charge in [0.05, 0.1) is 5.69 Å². The van der Waals surface area contributed by atoms with E-state index in [0.717, 1.165) is 12.1 Å². The molecule has 20 heavy (non-hydrogen) atoms. The summed E-state index contributed by atoms with van der Waals surface area (Å²) >= 11 is 0. The second-order valence-electron chi connectivity index (χ2n) is 4.44. The van der Waals surface area contributed by atoms with Crippen molar-refractivity contribution in [2.24, 2.45) is 5.84 Å². The number of hydrogen-bond donors (Lipinski definition) is 2. The van der Waals surface area contributed by atoms with Crippen LogP contribution in [0.15, 0.2) is 36.4 Å². The summed E-state index contributed by atoms with van der Waals surface area (Å²) < 4.78 is 14.9. The largest absolute Gasteiger partial charge is 0.308 e. The van der Waals surface area contributed by atoms with Gasteiger partial charge in [0.25, 0.3) is 0 Å². The molecule has 0 saturated carbocycles. The van der Waals surface area contributed by atoms with Gasteiger partial charge in [-0.3, -0.25) is 0 Å². The van der Waals surface area contributed by atoms with Crippen LogP contribution in [0.1, 0.15) is 12.6 Å². The number of nitrogens with one attached hydrogen (secondary N) is 1. The predicted octanol–water partition coefficient (Wildman–Crippen LogP) is 2.38. The minimum Gasteiger partial charge on any atom is -0.308 e. The lowest BCUT2D eigenvalue weighted by Crippen LogP contribution is -2.12. The molecule has 6 heteroatoms.